The van der Waals surface area contributed by atoms with Crippen molar-refractivity contribution in [1.29, 1.82) is 0 Å². The molecule has 0 radical (unpaired) electrons. The summed E-state index contributed by atoms with van der Waals surface area (Å²) in [5.74, 6) is -0.435. The number of amides is 1. The van der Waals surface area contributed by atoms with Crippen LogP contribution in [0.25, 0.3) is 0 Å². The third-order valence-electron chi connectivity index (χ3n) is 0.998. The van der Waals surface area contributed by atoms with Crippen molar-refractivity contribution in [2.24, 2.45) is 5.73 Å². The Labute approximate surface area is 107 Å². The molecule has 2 N–H and O–H groups in total. The van der Waals surface area contributed by atoms with Crippen LogP contribution in [0.5, 0.6) is 0 Å². The van der Waals surface area contributed by atoms with Crippen LogP contribution < -0.4 is 35.3 Å². The summed E-state index contributed by atoms with van der Waals surface area (Å²) < 4.78 is 29.3. The van der Waals surface area contributed by atoms with Gasteiger partial charge in [0.1, 0.15) is 0 Å². The number of hydrogen-bond acceptors (Lipinski definition) is 4. The number of nitrogens with two attached hydrogens (primary N) is 1. The minimum atomic E-state index is -3.99. The van der Waals surface area contributed by atoms with Gasteiger partial charge >= 0.3 is 29.6 Å². The number of carbonyl (C=O) groups is 1. The Kier molecular flexibility index (Phi) is 11.8. The van der Waals surface area contributed by atoms with Crippen LogP contribution in [0.4, 0.5) is 0 Å². The molecule has 0 rings (SSSR count). The zero-order valence-corrected chi connectivity index (χ0v) is 11.7. The van der Waals surface area contributed by atoms with E-state index in [1.165, 1.54) is 13.8 Å². The summed E-state index contributed by atoms with van der Waals surface area (Å²) in [4.78, 5) is 9.82. The standard InChI is InChI=1S/C4H7NO.C3H8O3S.Na/c1-3(2)4(5)6;1-3(2)7(4,5)6;/h1H2,2H3,(H2,5,6);3H,1-2H3,(H,4,5,6);/q;;+1/p-1. The molecule has 0 unspecified atom stereocenters. The fourth-order valence-corrected chi connectivity index (χ4v) is 0. The molecule has 5 nitrogen and oxygen atoms in total. The van der Waals surface area contributed by atoms with Gasteiger partial charge in [-0.25, -0.2) is 8.42 Å². The Morgan fingerprint density at radius 2 is 1.57 bits per heavy atom. The molecule has 0 aromatic carbocycles. The van der Waals surface area contributed by atoms with Crippen LogP contribution >= 0.6 is 0 Å². The molecule has 0 aliphatic rings. The molecule has 0 aliphatic heterocycles. The number of rotatable bonds is 2. The Hall–Kier alpha value is 0.120. The van der Waals surface area contributed by atoms with Crippen molar-refractivity contribution in [3.05, 3.63) is 12.2 Å². The molecule has 0 aliphatic carbocycles. The predicted molar refractivity (Wildman–Crippen MR) is 48.8 cm³/mol. The average molecular weight is 231 g/mol. The quantitative estimate of drug-likeness (QED) is 0.311. The minimum Gasteiger partial charge on any atom is -0.748 e. The molecule has 0 bridgehead atoms. The molecule has 0 aromatic rings. The second-order valence-corrected chi connectivity index (χ2v) is 4.61. The Morgan fingerprint density at radius 3 is 1.57 bits per heavy atom. The Balaban J connectivity index is -0.000000163. The summed E-state index contributed by atoms with van der Waals surface area (Å²) in [6.07, 6.45) is 0. The van der Waals surface area contributed by atoms with E-state index >= 15 is 0 Å². The summed E-state index contributed by atoms with van der Waals surface area (Å²) in [5.41, 5.74) is 5.09. The SMILES string of the molecule is C=C(C)C(N)=O.CC(C)S(=O)(=O)[O-].[Na+]. The molecule has 1 amide bonds. The van der Waals surface area contributed by atoms with E-state index in [1.807, 2.05) is 0 Å². The van der Waals surface area contributed by atoms with Gasteiger partial charge in [0.2, 0.25) is 5.91 Å². The van der Waals surface area contributed by atoms with Crippen LogP contribution in [0.15, 0.2) is 12.2 Å². The first-order valence-electron chi connectivity index (χ1n) is 3.49. The summed E-state index contributed by atoms with van der Waals surface area (Å²) in [7, 11) is -3.99. The molecule has 0 heterocycles. The normalized spacial score (nSPS) is 9.50. The van der Waals surface area contributed by atoms with Crippen LogP contribution in [0.1, 0.15) is 20.8 Å². The topological polar surface area (TPSA) is 100 Å². The molecule has 78 valence electrons. The maximum atomic E-state index is 9.82. The van der Waals surface area contributed by atoms with Crippen LogP contribution in [0, 0.1) is 0 Å². The van der Waals surface area contributed by atoms with Crippen molar-refractivity contribution in [3.63, 3.8) is 0 Å². The van der Waals surface area contributed by atoms with E-state index in [1.54, 1.807) is 6.92 Å². The van der Waals surface area contributed by atoms with Crippen molar-refractivity contribution in [1.82, 2.24) is 0 Å². The number of primary amides is 1. The number of hydrogen-bond donors (Lipinski definition) is 1. The van der Waals surface area contributed by atoms with Gasteiger partial charge in [0.25, 0.3) is 0 Å². The predicted octanol–water partition coefficient (Wildman–Crippen LogP) is -3.01. The monoisotopic (exact) mass is 231 g/mol. The van der Waals surface area contributed by atoms with Crippen LogP contribution in [-0.2, 0) is 14.9 Å². The second-order valence-electron chi connectivity index (χ2n) is 2.69. The number of carbonyl (C=O) groups excluding carboxylic acids is 1. The van der Waals surface area contributed by atoms with Crippen molar-refractivity contribution in [2.75, 3.05) is 0 Å². The van der Waals surface area contributed by atoms with Crippen molar-refractivity contribution in [3.8, 4) is 0 Å². The summed E-state index contributed by atoms with van der Waals surface area (Å²) >= 11 is 0. The van der Waals surface area contributed by atoms with E-state index < -0.39 is 21.3 Å². The van der Waals surface area contributed by atoms with Gasteiger partial charge in [0.15, 0.2) is 0 Å². The van der Waals surface area contributed by atoms with Crippen LogP contribution in [0.2, 0.25) is 0 Å². The third kappa shape index (κ3) is 14.6. The Bertz CT molecular complexity index is 272. The Morgan fingerprint density at radius 1 is 1.43 bits per heavy atom. The molecule has 14 heavy (non-hydrogen) atoms. The summed E-state index contributed by atoms with van der Waals surface area (Å²) in [6, 6.07) is 0. The zero-order chi connectivity index (χ0) is 11.2. The van der Waals surface area contributed by atoms with E-state index in [9.17, 15) is 17.8 Å². The molecule has 0 fully saturated rings. The van der Waals surface area contributed by atoms with Crippen molar-refractivity contribution >= 4 is 16.0 Å². The van der Waals surface area contributed by atoms with E-state index in [-0.39, 0.29) is 29.6 Å². The molecular formula is C7H14NNaO4S. The molecular weight excluding hydrogens is 217 g/mol. The van der Waals surface area contributed by atoms with Crippen molar-refractivity contribution < 1.29 is 47.3 Å². The van der Waals surface area contributed by atoms with Gasteiger partial charge in [0, 0.05) is 10.8 Å². The van der Waals surface area contributed by atoms with Crippen LogP contribution in [-0.4, -0.2) is 24.1 Å². The molecule has 0 atom stereocenters. The van der Waals surface area contributed by atoms with Gasteiger partial charge in [0.05, 0.1) is 10.1 Å². The first-order valence-corrected chi connectivity index (χ1v) is 4.96. The summed E-state index contributed by atoms with van der Waals surface area (Å²) in [5, 5.41) is -0.785. The first kappa shape index (κ1) is 19.7. The fourth-order valence-electron chi connectivity index (χ4n) is 0. The third-order valence-corrected chi connectivity index (χ3v) is 2.15. The van der Waals surface area contributed by atoms with E-state index in [0.29, 0.717) is 5.57 Å². The van der Waals surface area contributed by atoms with E-state index in [4.69, 9.17) is 5.73 Å². The van der Waals surface area contributed by atoms with Crippen LogP contribution in [0.3, 0.4) is 0 Å². The van der Waals surface area contributed by atoms with Gasteiger partial charge in [-0.2, -0.15) is 0 Å². The van der Waals surface area contributed by atoms with Crippen molar-refractivity contribution in [2.45, 2.75) is 26.0 Å². The minimum absolute atomic E-state index is 0. The smallest absolute Gasteiger partial charge is 0.748 e. The first-order chi connectivity index (χ1) is 5.59. The molecule has 0 spiro atoms. The van der Waals surface area contributed by atoms with Gasteiger partial charge in [-0.15, -0.1) is 0 Å². The van der Waals surface area contributed by atoms with Gasteiger partial charge in [-0.05, 0) is 20.8 Å². The average Bonchev–Trinajstić information content (AvgIpc) is 1.86. The largest absolute Gasteiger partial charge is 1.00 e. The van der Waals surface area contributed by atoms with Gasteiger partial charge in [-0.3, -0.25) is 4.79 Å². The van der Waals surface area contributed by atoms with E-state index in [0.717, 1.165) is 0 Å². The molecule has 0 aromatic heterocycles. The molecule has 0 saturated heterocycles. The van der Waals surface area contributed by atoms with E-state index in [2.05, 4.69) is 6.58 Å². The van der Waals surface area contributed by atoms with Gasteiger partial charge in [-0.1, -0.05) is 6.58 Å². The van der Waals surface area contributed by atoms with Gasteiger partial charge < -0.3 is 10.3 Å². The molecule has 7 heteroatoms. The maximum Gasteiger partial charge on any atom is 1.00 e. The second kappa shape index (κ2) is 8.43. The zero-order valence-electron chi connectivity index (χ0n) is 8.90. The molecule has 0 saturated carbocycles. The maximum absolute atomic E-state index is 9.82. The summed E-state index contributed by atoms with van der Waals surface area (Å²) in [6.45, 7) is 7.55. The fraction of sp³-hybridized carbons (Fsp3) is 0.571.